The Labute approximate surface area is 268 Å². The summed E-state index contributed by atoms with van der Waals surface area (Å²) in [7, 11) is 0. The van der Waals surface area contributed by atoms with Crippen molar-refractivity contribution in [1.82, 2.24) is 0 Å². The molecule has 252 valence electrons. The molecule has 0 spiro atoms. The number of rotatable bonds is 34. The van der Waals surface area contributed by atoms with Gasteiger partial charge in [-0.05, 0) is 51.4 Å². The maximum Gasteiger partial charge on any atom is 0.306 e. The zero-order chi connectivity index (χ0) is 31.3. The molecule has 0 heterocycles. The van der Waals surface area contributed by atoms with Crippen LogP contribution in [0.2, 0.25) is 0 Å². The molecule has 0 aromatic heterocycles. The van der Waals surface area contributed by atoms with Crippen molar-refractivity contribution in [2.45, 2.75) is 187 Å². The molecular weight excluding hydrogens is 532 g/mol. The highest BCUT2D eigenvalue weighted by Crippen LogP contribution is 2.13. The fraction of sp³-hybridized carbons (Fsp3) is 0.821. The van der Waals surface area contributed by atoms with Crippen LogP contribution in [0.25, 0.3) is 0 Å². The van der Waals surface area contributed by atoms with Gasteiger partial charge in [-0.25, -0.2) is 0 Å². The number of ether oxygens (including phenoxy) is 2. The summed E-state index contributed by atoms with van der Waals surface area (Å²) in [4.78, 5) is 12.1. The zero-order valence-corrected chi connectivity index (χ0v) is 28.7. The largest absolute Gasteiger partial charge is 0.457 e. The van der Waals surface area contributed by atoms with Gasteiger partial charge in [-0.2, -0.15) is 0 Å². The first-order valence-electron chi connectivity index (χ1n) is 18.6. The van der Waals surface area contributed by atoms with Crippen molar-refractivity contribution in [2.75, 3.05) is 19.8 Å². The van der Waals surface area contributed by atoms with Crippen molar-refractivity contribution < 1.29 is 19.4 Å². The summed E-state index contributed by atoms with van der Waals surface area (Å²) in [6.07, 6.45) is 44.9. The maximum absolute atomic E-state index is 12.1. The lowest BCUT2D eigenvalue weighted by molar-refractivity contribution is -0.154. The van der Waals surface area contributed by atoms with Crippen molar-refractivity contribution in [3.63, 3.8) is 0 Å². The molecule has 0 fully saturated rings. The van der Waals surface area contributed by atoms with E-state index in [2.05, 4.69) is 50.3 Å². The van der Waals surface area contributed by atoms with Gasteiger partial charge in [-0.15, -0.1) is 0 Å². The molecule has 0 radical (unpaired) electrons. The van der Waals surface area contributed by atoms with Crippen molar-refractivity contribution in [3.05, 3.63) is 36.5 Å². The SMILES string of the molecule is CCCCCCC/C=C\C/C=C\C/C=C\CCCCCCCCCCCCC(=O)OC(CO)COCCCCCCCC. The summed E-state index contributed by atoms with van der Waals surface area (Å²) >= 11 is 0. The van der Waals surface area contributed by atoms with E-state index < -0.39 is 6.10 Å². The van der Waals surface area contributed by atoms with E-state index in [1.165, 1.54) is 128 Å². The second-order valence-electron chi connectivity index (χ2n) is 12.3. The highest BCUT2D eigenvalue weighted by atomic mass is 16.6. The molecule has 0 aliphatic carbocycles. The van der Waals surface area contributed by atoms with E-state index in [0.29, 0.717) is 19.6 Å². The first-order chi connectivity index (χ1) is 21.2. The van der Waals surface area contributed by atoms with Gasteiger partial charge in [0.2, 0.25) is 0 Å². The topological polar surface area (TPSA) is 55.8 Å². The molecule has 0 aliphatic rings. The van der Waals surface area contributed by atoms with Crippen LogP contribution in [0.3, 0.4) is 0 Å². The predicted octanol–water partition coefficient (Wildman–Crippen LogP) is 11.8. The lowest BCUT2D eigenvalue weighted by Crippen LogP contribution is -2.27. The minimum Gasteiger partial charge on any atom is -0.457 e. The Morgan fingerprint density at radius 2 is 0.977 bits per heavy atom. The van der Waals surface area contributed by atoms with Crippen molar-refractivity contribution in [1.29, 1.82) is 0 Å². The van der Waals surface area contributed by atoms with Gasteiger partial charge in [0, 0.05) is 13.0 Å². The second kappa shape index (κ2) is 36.8. The maximum atomic E-state index is 12.1. The molecule has 4 heteroatoms. The number of aliphatic hydroxyl groups excluding tert-OH is 1. The van der Waals surface area contributed by atoms with E-state index in [4.69, 9.17) is 9.47 Å². The van der Waals surface area contributed by atoms with Crippen LogP contribution in [0.15, 0.2) is 36.5 Å². The number of carbonyl (C=O) groups is 1. The van der Waals surface area contributed by atoms with Gasteiger partial charge in [0.05, 0.1) is 13.2 Å². The first-order valence-corrected chi connectivity index (χ1v) is 18.6. The van der Waals surface area contributed by atoms with Crippen LogP contribution < -0.4 is 0 Å². The molecular formula is C39H72O4. The Kier molecular flexibility index (Phi) is 35.6. The van der Waals surface area contributed by atoms with Gasteiger partial charge < -0.3 is 14.6 Å². The number of carbonyl (C=O) groups excluding carboxylic acids is 1. The Hall–Kier alpha value is -1.39. The number of hydrogen-bond acceptors (Lipinski definition) is 4. The van der Waals surface area contributed by atoms with Gasteiger partial charge in [0.15, 0.2) is 0 Å². The molecule has 43 heavy (non-hydrogen) atoms. The van der Waals surface area contributed by atoms with Crippen LogP contribution >= 0.6 is 0 Å². The smallest absolute Gasteiger partial charge is 0.306 e. The minimum absolute atomic E-state index is 0.172. The highest BCUT2D eigenvalue weighted by Gasteiger charge is 2.13. The fourth-order valence-corrected chi connectivity index (χ4v) is 5.16. The summed E-state index contributed by atoms with van der Waals surface area (Å²) in [5, 5.41) is 9.48. The van der Waals surface area contributed by atoms with Crippen LogP contribution in [0.1, 0.15) is 181 Å². The summed E-state index contributed by atoms with van der Waals surface area (Å²) in [6.45, 7) is 5.29. The quantitative estimate of drug-likeness (QED) is 0.0451. The van der Waals surface area contributed by atoms with E-state index >= 15 is 0 Å². The summed E-state index contributed by atoms with van der Waals surface area (Å²) < 4.78 is 11.0. The first kappa shape index (κ1) is 41.6. The molecule has 1 unspecified atom stereocenters. The molecule has 4 nitrogen and oxygen atoms in total. The number of esters is 1. The second-order valence-corrected chi connectivity index (χ2v) is 12.3. The third-order valence-electron chi connectivity index (χ3n) is 7.97. The molecule has 0 aromatic rings. The van der Waals surface area contributed by atoms with E-state index in [0.717, 1.165) is 32.1 Å². The minimum atomic E-state index is -0.530. The van der Waals surface area contributed by atoms with E-state index in [-0.39, 0.29) is 12.6 Å². The van der Waals surface area contributed by atoms with Crippen molar-refractivity contribution >= 4 is 5.97 Å². The number of allylic oxidation sites excluding steroid dienone is 6. The Bertz CT molecular complexity index is 639. The molecule has 0 saturated heterocycles. The average molecular weight is 605 g/mol. The summed E-state index contributed by atoms with van der Waals surface area (Å²) in [6, 6.07) is 0. The molecule has 0 aliphatic heterocycles. The predicted molar refractivity (Wildman–Crippen MR) is 187 cm³/mol. The van der Waals surface area contributed by atoms with Crippen LogP contribution in [-0.4, -0.2) is 37.0 Å². The Morgan fingerprint density at radius 1 is 0.558 bits per heavy atom. The number of hydrogen-bond donors (Lipinski definition) is 1. The summed E-state index contributed by atoms with van der Waals surface area (Å²) in [5.41, 5.74) is 0. The number of unbranched alkanes of at least 4 members (excludes halogenated alkanes) is 20. The normalized spacial score (nSPS) is 12.7. The van der Waals surface area contributed by atoms with Gasteiger partial charge in [-0.1, -0.05) is 159 Å². The molecule has 0 aromatic carbocycles. The fourth-order valence-electron chi connectivity index (χ4n) is 5.16. The van der Waals surface area contributed by atoms with Crippen molar-refractivity contribution in [2.24, 2.45) is 0 Å². The monoisotopic (exact) mass is 605 g/mol. The molecule has 1 atom stereocenters. The van der Waals surface area contributed by atoms with Crippen LogP contribution in [-0.2, 0) is 14.3 Å². The van der Waals surface area contributed by atoms with Gasteiger partial charge in [0.1, 0.15) is 6.10 Å². The van der Waals surface area contributed by atoms with Crippen LogP contribution in [0.5, 0.6) is 0 Å². The molecule has 0 amide bonds. The van der Waals surface area contributed by atoms with Crippen LogP contribution in [0.4, 0.5) is 0 Å². The van der Waals surface area contributed by atoms with Gasteiger partial charge in [0.25, 0.3) is 0 Å². The third kappa shape index (κ3) is 35.0. The lowest BCUT2D eigenvalue weighted by atomic mass is 10.0. The zero-order valence-electron chi connectivity index (χ0n) is 28.7. The summed E-state index contributed by atoms with van der Waals surface area (Å²) in [5.74, 6) is -0.208. The van der Waals surface area contributed by atoms with Crippen LogP contribution in [0, 0.1) is 0 Å². The highest BCUT2D eigenvalue weighted by molar-refractivity contribution is 5.69. The molecule has 0 bridgehead atoms. The van der Waals surface area contributed by atoms with Crippen molar-refractivity contribution in [3.8, 4) is 0 Å². The van der Waals surface area contributed by atoms with E-state index in [1.807, 2.05) is 0 Å². The molecule has 0 rings (SSSR count). The van der Waals surface area contributed by atoms with E-state index in [1.54, 1.807) is 0 Å². The van der Waals surface area contributed by atoms with Gasteiger partial charge in [-0.3, -0.25) is 4.79 Å². The number of aliphatic hydroxyl groups is 1. The molecule has 0 saturated carbocycles. The average Bonchev–Trinajstić information content (AvgIpc) is 3.01. The standard InChI is InChI=1S/C39H72O4/c1-3-5-7-9-11-12-13-14-15-16-17-18-19-20-21-22-23-24-25-26-27-28-29-30-32-34-39(41)43-38(36-40)37-42-35-33-31-10-8-6-4-2/h13-14,16-17,19-20,38,40H,3-12,15,18,21-37H2,1-2H3/b14-13-,17-16-,20-19-. The lowest BCUT2D eigenvalue weighted by Gasteiger charge is -2.15. The van der Waals surface area contributed by atoms with Gasteiger partial charge >= 0.3 is 5.97 Å². The van der Waals surface area contributed by atoms with E-state index in [9.17, 15) is 9.90 Å². The Morgan fingerprint density at radius 3 is 1.47 bits per heavy atom. The molecule has 1 N–H and O–H groups in total. The Balaban J connectivity index is 3.42. The third-order valence-corrected chi connectivity index (χ3v) is 7.97.